The molecule has 1 atom stereocenters. The Morgan fingerprint density at radius 2 is 2.00 bits per heavy atom. The van der Waals surface area contributed by atoms with Crippen LogP contribution in [-0.4, -0.2) is 28.7 Å². The molecule has 21 heavy (non-hydrogen) atoms. The number of carbonyl (C=O) groups excluding carboxylic acids is 1. The fraction of sp³-hybridized carbons (Fsp3) is 0.588. The van der Waals surface area contributed by atoms with E-state index in [1.54, 1.807) is 11.8 Å². The minimum absolute atomic E-state index is 0.0155. The summed E-state index contributed by atoms with van der Waals surface area (Å²) in [5.74, 6) is 2.11. The van der Waals surface area contributed by atoms with Crippen LogP contribution in [0.15, 0.2) is 30.3 Å². The Bertz CT molecular complexity index is 418. The smallest absolute Gasteiger partial charge is 0.232 e. The highest BCUT2D eigenvalue weighted by Crippen LogP contribution is 2.28. The molecular weight excluding hydrogens is 298 g/mol. The van der Waals surface area contributed by atoms with E-state index in [1.807, 2.05) is 36.9 Å². The third-order valence-corrected chi connectivity index (χ3v) is 6.37. The summed E-state index contributed by atoms with van der Waals surface area (Å²) in [6.45, 7) is 2.79. The molecule has 1 amide bonds. The molecule has 1 N–H and O–H groups in total. The van der Waals surface area contributed by atoms with E-state index in [2.05, 4.69) is 17.4 Å². The Kier molecular flexibility index (Phi) is 7.51. The van der Waals surface area contributed by atoms with Crippen molar-refractivity contribution in [2.45, 2.75) is 48.9 Å². The molecule has 1 aliphatic rings. The summed E-state index contributed by atoms with van der Waals surface area (Å²) in [7, 11) is 0. The van der Waals surface area contributed by atoms with Crippen molar-refractivity contribution in [2.24, 2.45) is 0 Å². The quantitative estimate of drug-likeness (QED) is 0.730. The van der Waals surface area contributed by atoms with Crippen molar-refractivity contribution in [3.63, 3.8) is 0 Å². The number of benzene rings is 1. The van der Waals surface area contributed by atoms with Gasteiger partial charge >= 0.3 is 0 Å². The molecule has 116 valence electrons. The Morgan fingerprint density at radius 1 is 1.29 bits per heavy atom. The lowest BCUT2D eigenvalue weighted by Gasteiger charge is -2.13. The first kappa shape index (κ1) is 16.8. The van der Waals surface area contributed by atoms with Gasteiger partial charge in [-0.3, -0.25) is 4.79 Å². The summed E-state index contributed by atoms with van der Waals surface area (Å²) in [5, 5.41) is 3.92. The molecule has 0 radical (unpaired) electrons. The van der Waals surface area contributed by atoms with Crippen molar-refractivity contribution >= 4 is 29.4 Å². The zero-order valence-electron chi connectivity index (χ0n) is 12.7. The Labute approximate surface area is 136 Å². The van der Waals surface area contributed by atoms with E-state index < -0.39 is 0 Å². The maximum atomic E-state index is 12.0. The van der Waals surface area contributed by atoms with Crippen LogP contribution in [0.4, 0.5) is 0 Å². The first-order chi connectivity index (χ1) is 10.3. The predicted octanol–water partition coefficient (Wildman–Crippen LogP) is 4.10. The van der Waals surface area contributed by atoms with Gasteiger partial charge in [0.2, 0.25) is 5.91 Å². The average molecular weight is 324 g/mol. The molecule has 0 unspecified atom stereocenters. The lowest BCUT2D eigenvalue weighted by atomic mass is 10.2. The van der Waals surface area contributed by atoms with Crippen LogP contribution >= 0.6 is 23.5 Å². The van der Waals surface area contributed by atoms with Gasteiger partial charge in [-0.25, -0.2) is 0 Å². The minimum atomic E-state index is 0.0155. The van der Waals surface area contributed by atoms with Gasteiger partial charge in [0.05, 0.1) is 5.25 Å². The third kappa shape index (κ3) is 6.35. The van der Waals surface area contributed by atoms with Gasteiger partial charge in [-0.15, -0.1) is 11.8 Å². The third-order valence-electron chi connectivity index (χ3n) is 3.77. The summed E-state index contributed by atoms with van der Waals surface area (Å²) < 4.78 is 0. The van der Waals surface area contributed by atoms with E-state index in [1.165, 1.54) is 31.2 Å². The van der Waals surface area contributed by atoms with Gasteiger partial charge in [0.1, 0.15) is 0 Å². The van der Waals surface area contributed by atoms with Crippen LogP contribution in [0, 0.1) is 0 Å². The summed E-state index contributed by atoms with van der Waals surface area (Å²) in [6.07, 6.45) is 5.50. The first-order valence-corrected chi connectivity index (χ1v) is 9.90. The van der Waals surface area contributed by atoms with Crippen molar-refractivity contribution in [3.05, 3.63) is 35.9 Å². The van der Waals surface area contributed by atoms with Gasteiger partial charge in [0, 0.05) is 23.3 Å². The molecule has 0 aromatic heterocycles. The summed E-state index contributed by atoms with van der Waals surface area (Å²) in [5.41, 5.74) is 1.28. The van der Waals surface area contributed by atoms with Crippen LogP contribution in [0.3, 0.4) is 0 Å². The highest BCUT2D eigenvalue weighted by Gasteiger charge is 2.16. The second kappa shape index (κ2) is 9.42. The van der Waals surface area contributed by atoms with Crippen LogP contribution < -0.4 is 5.32 Å². The highest BCUT2D eigenvalue weighted by atomic mass is 32.2. The van der Waals surface area contributed by atoms with Gasteiger partial charge in [-0.05, 0) is 25.3 Å². The number of hydrogen-bond acceptors (Lipinski definition) is 3. The summed E-state index contributed by atoms with van der Waals surface area (Å²) in [4.78, 5) is 12.0. The summed E-state index contributed by atoms with van der Waals surface area (Å²) in [6, 6.07) is 10.3. The summed E-state index contributed by atoms with van der Waals surface area (Å²) >= 11 is 3.73. The Morgan fingerprint density at radius 3 is 2.71 bits per heavy atom. The second-order valence-corrected chi connectivity index (χ2v) is 8.24. The van der Waals surface area contributed by atoms with E-state index in [-0.39, 0.29) is 11.2 Å². The maximum absolute atomic E-state index is 12.0. The van der Waals surface area contributed by atoms with Gasteiger partial charge in [-0.1, -0.05) is 43.2 Å². The second-order valence-electron chi connectivity index (χ2n) is 5.51. The number of nitrogens with one attached hydrogen (secondary N) is 1. The van der Waals surface area contributed by atoms with Crippen molar-refractivity contribution < 1.29 is 4.79 Å². The molecule has 0 aliphatic heterocycles. The Hall–Kier alpha value is -0.610. The van der Waals surface area contributed by atoms with Crippen molar-refractivity contribution in [3.8, 4) is 0 Å². The molecule has 4 heteroatoms. The number of rotatable bonds is 8. The van der Waals surface area contributed by atoms with E-state index in [0.717, 1.165) is 23.3 Å². The molecule has 0 saturated heterocycles. The number of amides is 1. The van der Waals surface area contributed by atoms with E-state index >= 15 is 0 Å². The van der Waals surface area contributed by atoms with Gasteiger partial charge < -0.3 is 5.32 Å². The molecule has 0 bridgehead atoms. The number of thioether (sulfide) groups is 2. The van der Waals surface area contributed by atoms with E-state index in [0.29, 0.717) is 0 Å². The maximum Gasteiger partial charge on any atom is 0.232 e. The predicted molar refractivity (Wildman–Crippen MR) is 94.9 cm³/mol. The van der Waals surface area contributed by atoms with Crippen LogP contribution in [-0.2, 0) is 10.5 Å². The van der Waals surface area contributed by atoms with Crippen LogP contribution in [0.1, 0.15) is 38.2 Å². The fourth-order valence-corrected chi connectivity index (χ4v) is 4.56. The van der Waals surface area contributed by atoms with E-state index in [9.17, 15) is 4.79 Å². The normalized spacial score (nSPS) is 16.8. The van der Waals surface area contributed by atoms with Crippen LogP contribution in [0.2, 0.25) is 0 Å². The van der Waals surface area contributed by atoms with Gasteiger partial charge in [-0.2, -0.15) is 11.8 Å². The molecular formula is C17H25NOS2. The van der Waals surface area contributed by atoms with Crippen molar-refractivity contribution in [1.29, 1.82) is 0 Å². The zero-order valence-corrected chi connectivity index (χ0v) is 14.3. The molecule has 2 nitrogen and oxygen atoms in total. The lowest BCUT2D eigenvalue weighted by molar-refractivity contribution is -0.120. The van der Waals surface area contributed by atoms with Gasteiger partial charge in [0.25, 0.3) is 0 Å². The van der Waals surface area contributed by atoms with E-state index in [4.69, 9.17) is 0 Å². The Balaban J connectivity index is 1.56. The van der Waals surface area contributed by atoms with Crippen LogP contribution in [0.25, 0.3) is 0 Å². The topological polar surface area (TPSA) is 29.1 Å². The number of carbonyl (C=O) groups is 1. The number of hydrogen-bond donors (Lipinski definition) is 1. The molecule has 1 aliphatic carbocycles. The van der Waals surface area contributed by atoms with Crippen LogP contribution in [0.5, 0.6) is 0 Å². The minimum Gasteiger partial charge on any atom is -0.354 e. The molecule has 1 saturated carbocycles. The largest absolute Gasteiger partial charge is 0.354 e. The first-order valence-electron chi connectivity index (χ1n) is 7.80. The fourth-order valence-electron chi connectivity index (χ4n) is 2.47. The standard InChI is InChI=1S/C17H25NOS2/c1-14(21-13-15-7-3-2-4-8-15)17(19)18-11-12-20-16-9-5-6-10-16/h2-4,7-8,14,16H,5-6,9-13H2,1H3,(H,18,19)/t14-/m1/s1. The molecule has 0 heterocycles. The zero-order chi connectivity index (χ0) is 14.9. The molecule has 1 aromatic carbocycles. The molecule has 1 fully saturated rings. The van der Waals surface area contributed by atoms with Crippen molar-refractivity contribution in [2.75, 3.05) is 12.3 Å². The average Bonchev–Trinajstić information content (AvgIpc) is 3.03. The monoisotopic (exact) mass is 323 g/mol. The molecule has 2 rings (SSSR count). The lowest BCUT2D eigenvalue weighted by Crippen LogP contribution is -2.32. The molecule has 1 aromatic rings. The molecule has 0 spiro atoms. The SMILES string of the molecule is C[C@@H](SCc1ccccc1)C(=O)NCCSC1CCCC1. The van der Waals surface area contributed by atoms with Crippen molar-refractivity contribution in [1.82, 2.24) is 5.32 Å². The van der Waals surface area contributed by atoms with Gasteiger partial charge in [0.15, 0.2) is 0 Å². The highest BCUT2D eigenvalue weighted by molar-refractivity contribution is 8.00.